The van der Waals surface area contributed by atoms with Crippen molar-refractivity contribution in [2.75, 3.05) is 13.1 Å². The zero-order chi connectivity index (χ0) is 9.52. The molecule has 0 amide bonds. The summed E-state index contributed by atoms with van der Waals surface area (Å²) in [5.41, 5.74) is 1.44. The van der Waals surface area contributed by atoms with Crippen LogP contribution in [-0.4, -0.2) is 18.0 Å². The van der Waals surface area contributed by atoms with Gasteiger partial charge in [0.25, 0.3) is 0 Å². The highest BCUT2D eigenvalue weighted by Crippen LogP contribution is 2.11. The highest BCUT2D eigenvalue weighted by atomic mass is 15.2. The summed E-state index contributed by atoms with van der Waals surface area (Å²) in [6.07, 6.45) is 1.38. The fourth-order valence-corrected chi connectivity index (χ4v) is 1.38. The molecule has 0 aromatic heterocycles. The van der Waals surface area contributed by atoms with E-state index in [1.807, 2.05) is 13.8 Å². The molecule has 0 saturated carbocycles. The Hall–Kier alpha value is -0.820. The molecule has 0 unspecified atom stereocenters. The summed E-state index contributed by atoms with van der Waals surface area (Å²) in [5, 5.41) is 0. The van der Waals surface area contributed by atoms with Crippen LogP contribution in [0.1, 0.15) is 25.8 Å². The average Bonchev–Trinajstić information content (AvgIpc) is 2.17. The normalized spacial score (nSPS) is 15.5. The predicted octanol–water partition coefficient (Wildman–Crippen LogP) is 2.92. The molecule has 13 heavy (non-hydrogen) atoms. The van der Waals surface area contributed by atoms with E-state index in [1.54, 1.807) is 0 Å². The number of hydrogen-bond acceptors (Lipinski definition) is 1. The molecule has 1 nitrogen and oxygen atoms in total. The number of hydrogen-bond donors (Lipinski definition) is 0. The van der Waals surface area contributed by atoms with E-state index < -0.39 is 0 Å². The number of benzene rings is 1. The lowest BCUT2D eigenvalue weighted by Crippen LogP contribution is -2.36. The Labute approximate surface area is 81.4 Å². The Morgan fingerprint density at radius 1 is 1.08 bits per heavy atom. The Kier molecular flexibility index (Phi) is 4.55. The van der Waals surface area contributed by atoms with Crippen LogP contribution in [0.2, 0.25) is 0 Å². The van der Waals surface area contributed by atoms with Crippen molar-refractivity contribution in [1.82, 2.24) is 4.90 Å². The summed E-state index contributed by atoms with van der Waals surface area (Å²) < 4.78 is 0. The van der Waals surface area contributed by atoms with Crippen molar-refractivity contribution in [1.29, 1.82) is 0 Å². The standard InChI is InChI=1S/C10H13N.C2H6/c1-2-5-10(6-3-1)9-11-7-4-8-11;1-2/h1-3,5-6H,4,7-9H2;1-2H3. The van der Waals surface area contributed by atoms with Gasteiger partial charge in [-0.25, -0.2) is 0 Å². The maximum atomic E-state index is 2.47. The van der Waals surface area contributed by atoms with Crippen molar-refractivity contribution in [3.63, 3.8) is 0 Å². The van der Waals surface area contributed by atoms with Crippen molar-refractivity contribution in [2.45, 2.75) is 26.8 Å². The summed E-state index contributed by atoms with van der Waals surface area (Å²) >= 11 is 0. The lowest BCUT2D eigenvalue weighted by Gasteiger charge is -2.30. The molecule has 0 spiro atoms. The van der Waals surface area contributed by atoms with E-state index in [1.165, 1.54) is 25.1 Å². The van der Waals surface area contributed by atoms with Gasteiger partial charge >= 0.3 is 0 Å². The largest absolute Gasteiger partial charge is 0.299 e. The minimum absolute atomic E-state index is 1.14. The molecular formula is C12H19N. The van der Waals surface area contributed by atoms with Gasteiger partial charge in [0.15, 0.2) is 0 Å². The smallest absolute Gasteiger partial charge is 0.0233 e. The van der Waals surface area contributed by atoms with Crippen LogP contribution >= 0.6 is 0 Å². The summed E-state index contributed by atoms with van der Waals surface area (Å²) in [7, 11) is 0. The van der Waals surface area contributed by atoms with Crippen molar-refractivity contribution in [2.24, 2.45) is 0 Å². The van der Waals surface area contributed by atoms with E-state index >= 15 is 0 Å². The van der Waals surface area contributed by atoms with Crippen LogP contribution in [0.3, 0.4) is 0 Å². The van der Waals surface area contributed by atoms with Gasteiger partial charge in [-0.2, -0.15) is 0 Å². The molecule has 0 N–H and O–H groups in total. The first-order valence-electron chi connectivity index (χ1n) is 5.21. The van der Waals surface area contributed by atoms with Crippen molar-refractivity contribution in [3.8, 4) is 0 Å². The lowest BCUT2D eigenvalue weighted by molar-refractivity contribution is 0.172. The molecule has 0 radical (unpaired) electrons. The van der Waals surface area contributed by atoms with Crippen LogP contribution < -0.4 is 0 Å². The minimum atomic E-state index is 1.14. The van der Waals surface area contributed by atoms with Crippen molar-refractivity contribution >= 4 is 0 Å². The van der Waals surface area contributed by atoms with Crippen LogP contribution in [0.25, 0.3) is 0 Å². The van der Waals surface area contributed by atoms with Gasteiger partial charge in [-0.05, 0) is 25.1 Å². The Balaban J connectivity index is 0.000000396. The summed E-state index contributed by atoms with van der Waals surface area (Å²) in [6.45, 7) is 7.71. The fourth-order valence-electron chi connectivity index (χ4n) is 1.38. The summed E-state index contributed by atoms with van der Waals surface area (Å²) in [6, 6.07) is 10.7. The molecular weight excluding hydrogens is 158 g/mol. The quantitative estimate of drug-likeness (QED) is 0.671. The third-order valence-electron chi connectivity index (χ3n) is 2.20. The van der Waals surface area contributed by atoms with E-state index in [2.05, 4.69) is 35.2 Å². The van der Waals surface area contributed by atoms with Gasteiger partial charge in [0.2, 0.25) is 0 Å². The maximum absolute atomic E-state index is 2.47. The topological polar surface area (TPSA) is 3.24 Å². The molecule has 1 aromatic carbocycles. The van der Waals surface area contributed by atoms with Gasteiger partial charge in [-0.1, -0.05) is 44.2 Å². The Morgan fingerprint density at radius 2 is 1.69 bits per heavy atom. The third kappa shape index (κ3) is 3.19. The molecule has 1 aromatic rings. The summed E-state index contributed by atoms with van der Waals surface area (Å²) in [5.74, 6) is 0. The van der Waals surface area contributed by atoms with Gasteiger partial charge in [0, 0.05) is 6.54 Å². The third-order valence-corrected chi connectivity index (χ3v) is 2.20. The van der Waals surface area contributed by atoms with Crippen LogP contribution in [0, 0.1) is 0 Å². The van der Waals surface area contributed by atoms with Crippen LogP contribution in [-0.2, 0) is 6.54 Å². The minimum Gasteiger partial charge on any atom is -0.299 e. The second kappa shape index (κ2) is 5.76. The molecule has 1 heteroatoms. The predicted molar refractivity (Wildman–Crippen MR) is 57.7 cm³/mol. The number of nitrogens with zero attached hydrogens (tertiary/aromatic N) is 1. The first-order valence-corrected chi connectivity index (χ1v) is 5.21. The van der Waals surface area contributed by atoms with Gasteiger partial charge in [0.05, 0.1) is 0 Å². The van der Waals surface area contributed by atoms with Gasteiger partial charge in [0.1, 0.15) is 0 Å². The van der Waals surface area contributed by atoms with Crippen LogP contribution in [0.4, 0.5) is 0 Å². The summed E-state index contributed by atoms with van der Waals surface area (Å²) in [4.78, 5) is 2.47. The van der Waals surface area contributed by atoms with Crippen LogP contribution in [0.15, 0.2) is 30.3 Å². The van der Waals surface area contributed by atoms with E-state index in [0.29, 0.717) is 0 Å². The molecule has 0 aliphatic carbocycles. The van der Waals surface area contributed by atoms with Gasteiger partial charge in [-0.3, -0.25) is 4.90 Å². The van der Waals surface area contributed by atoms with E-state index in [0.717, 1.165) is 6.54 Å². The van der Waals surface area contributed by atoms with E-state index in [4.69, 9.17) is 0 Å². The molecule has 1 aliphatic heterocycles. The number of rotatable bonds is 2. The molecule has 2 rings (SSSR count). The molecule has 1 saturated heterocycles. The number of likely N-dealkylation sites (tertiary alicyclic amines) is 1. The average molecular weight is 177 g/mol. The second-order valence-electron chi connectivity index (χ2n) is 3.12. The first-order chi connectivity index (χ1) is 6.45. The maximum Gasteiger partial charge on any atom is 0.0233 e. The van der Waals surface area contributed by atoms with Crippen LogP contribution in [0.5, 0.6) is 0 Å². The zero-order valence-corrected chi connectivity index (χ0v) is 8.66. The van der Waals surface area contributed by atoms with E-state index in [9.17, 15) is 0 Å². The molecule has 1 heterocycles. The van der Waals surface area contributed by atoms with Crippen molar-refractivity contribution in [3.05, 3.63) is 35.9 Å². The molecule has 72 valence electrons. The lowest BCUT2D eigenvalue weighted by atomic mass is 10.1. The van der Waals surface area contributed by atoms with Crippen molar-refractivity contribution < 1.29 is 0 Å². The van der Waals surface area contributed by atoms with Gasteiger partial charge in [-0.15, -0.1) is 0 Å². The Morgan fingerprint density at radius 3 is 2.15 bits per heavy atom. The molecule has 1 fully saturated rings. The SMILES string of the molecule is CC.c1ccc(CN2CCC2)cc1. The van der Waals surface area contributed by atoms with E-state index in [-0.39, 0.29) is 0 Å². The monoisotopic (exact) mass is 177 g/mol. The molecule has 0 bridgehead atoms. The second-order valence-corrected chi connectivity index (χ2v) is 3.12. The highest BCUT2D eigenvalue weighted by Gasteiger charge is 2.12. The highest BCUT2D eigenvalue weighted by molar-refractivity contribution is 5.14. The first kappa shape index (κ1) is 10.3. The fraction of sp³-hybridized carbons (Fsp3) is 0.500. The zero-order valence-electron chi connectivity index (χ0n) is 8.66. The molecule has 1 aliphatic rings. The Bertz CT molecular complexity index is 214. The molecule has 0 atom stereocenters. The van der Waals surface area contributed by atoms with Gasteiger partial charge < -0.3 is 0 Å².